The van der Waals surface area contributed by atoms with E-state index in [4.69, 9.17) is 0 Å². The summed E-state index contributed by atoms with van der Waals surface area (Å²) < 4.78 is 51.5. The zero-order valence-electron chi connectivity index (χ0n) is 12.9. The van der Waals surface area contributed by atoms with E-state index in [-0.39, 0.29) is 12.5 Å². The second-order valence-electron chi connectivity index (χ2n) is 6.33. The van der Waals surface area contributed by atoms with E-state index in [1.807, 2.05) is 4.90 Å². The molecule has 2 saturated heterocycles. The summed E-state index contributed by atoms with van der Waals surface area (Å²) in [5.41, 5.74) is -0.987. The molecule has 132 valence electrons. The van der Waals surface area contributed by atoms with Crippen LogP contribution in [-0.2, 0) is 17.5 Å². The van der Waals surface area contributed by atoms with Crippen molar-refractivity contribution in [3.8, 4) is 0 Å². The van der Waals surface area contributed by atoms with Crippen LogP contribution in [0.4, 0.5) is 17.6 Å². The highest BCUT2D eigenvalue weighted by Crippen LogP contribution is 2.32. The Hall–Kier alpha value is -1.67. The van der Waals surface area contributed by atoms with Crippen molar-refractivity contribution in [2.45, 2.75) is 37.7 Å². The second kappa shape index (κ2) is 6.33. The maximum absolute atomic E-state index is 13.7. The Morgan fingerprint density at radius 3 is 2.67 bits per heavy atom. The third-order valence-corrected chi connectivity index (χ3v) is 4.56. The molecule has 2 heterocycles. The first-order chi connectivity index (χ1) is 11.3. The van der Waals surface area contributed by atoms with Gasteiger partial charge in [0.1, 0.15) is 5.82 Å². The number of alkyl halides is 3. The van der Waals surface area contributed by atoms with E-state index < -0.39 is 29.7 Å². The number of halogens is 4. The average Bonchev–Trinajstić information content (AvgIpc) is 2.79. The maximum Gasteiger partial charge on any atom is 0.419 e. The number of amides is 1. The van der Waals surface area contributed by atoms with Gasteiger partial charge in [-0.05, 0) is 30.5 Å². The summed E-state index contributed by atoms with van der Waals surface area (Å²) >= 11 is 0. The SMILES string of the molecule is O=C1[C@@H]2C[C@@H](O)CN2CCCN1Cc1ccc(C(F)(F)F)c(F)c1. The fourth-order valence-corrected chi connectivity index (χ4v) is 3.43. The first-order valence-corrected chi connectivity index (χ1v) is 7.82. The third-order valence-electron chi connectivity index (χ3n) is 4.56. The van der Waals surface area contributed by atoms with Gasteiger partial charge >= 0.3 is 6.18 Å². The first-order valence-electron chi connectivity index (χ1n) is 7.82. The molecule has 2 aliphatic rings. The minimum atomic E-state index is -4.73. The van der Waals surface area contributed by atoms with Crippen LogP contribution in [0.1, 0.15) is 24.0 Å². The molecule has 4 nitrogen and oxygen atoms in total. The summed E-state index contributed by atoms with van der Waals surface area (Å²) in [5.74, 6) is -1.50. The average molecular weight is 346 g/mol. The van der Waals surface area contributed by atoms with Crippen molar-refractivity contribution in [1.82, 2.24) is 9.80 Å². The number of benzene rings is 1. The Labute approximate surface area is 136 Å². The maximum atomic E-state index is 13.7. The topological polar surface area (TPSA) is 43.8 Å². The van der Waals surface area contributed by atoms with Crippen LogP contribution in [0.5, 0.6) is 0 Å². The minimum Gasteiger partial charge on any atom is -0.392 e. The molecule has 0 aromatic heterocycles. The van der Waals surface area contributed by atoms with Crippen LogP contribution in [0.3, 0.4) is 0 Å². The van der Waals surface area contributed by atoms with Crippen molar-refractivity contribution in [3.05, 3.63) is 35.1 Å². The molecule has 1 amide bonds. The lowest BCUT2D eigenvalue weighted by molar-refractivity contribution is -0.140. The zero-order valence-corrected chi connectivity index (χ0v) is 12.9. The standard InChI is InChI=1S/C16H18F4N2O2/c17-13-6-10(2-3-12(13)16(18,19)20)8-22-5-1-4-21-9-11(23)7-14(21)15(22)24/h2-3,6,11,14,23H,1,4-5,7-9H2/t11-,14+/m1/s1. The van der Waals surface area contributed by atoms with Crippen molar-refractivity contribution in [2.24, 2.45) is 0 Å². The molecule has 2 aliphatic heterocycles. The second-order valence-corrected chi connectivity index (χ2v) is 6.33. The van der Waals surface area contributed by atoms with Gasteiger partial charge in [0.05, 0.1) is 17.7 Å². The van der Waals surface area contributed by atoms with Gasteiger partial charge < -0.3 is 10.0 Å². The van der Waals surface area contributed by atoms with Gasteiger partial charge in [0.15, 0.2) is 0 Å². The molecule has 2 fully saturated rings. The number of carbonyl (C=O) groups is 1. The quantitative estimate of drug-likeness (QED) is 0.834. The molecule has 1 aromatic rings. The highest BCUT2D eigenvalue weighted by molar-refractivity contribution is 5.82. The molecule has 1 aromatic carbocycles. The van der Waals surface area contributed by atoms with E-state index in [0.717, 1.165) is 6.07 Å². The fourth-order valence-electron chi connectivity index (χ4n) is 3.43. The van der Waals surface area contributed by atoms with Crippen molar-refractivity contribution in [1.29, 1.82) is 0 Å². The zero-order chi connectivity index (χ0) is 17.5. The van der Waals surface area contributed by atoms with E-state index in [1.54, 1.807) is 0 Å². The van der Waals surface area contributed by atoms with E-state index in [2.05, 4.69) is 0 Å². The normalized spacial score (nSPS) is 25.7. The Morgan fingerprint density at radius 1 is 1.25 bits per heavy atom. The number of carbonyl (C=O) groups excluding carboxylic acids is 1. The molecular formula is C16H18F4N2O2. The van der Waals surface area contributed by atoms with Crippen molar-refractivity contribution in [2.75, 3.05) is 19.6 Å². The van der Waals surface area contributed by atoms with E-state index in [0.29, 0.717) is 44.1 Å². The van der Waals surface area contributed by atoms with Gasteiger partial charge in [-0.15, -0.1) is 0 Å². The van der Waals surface area contributed by atoms with Gasteiger partial charge in [-0.25, -0.2) is 4.39 Å². The summed E-state index contributed by atoms with van der Waals surface area (Å²) in [5, 5.41) is 9.72. The van der Waals surface area contributed by atoms with Gasteiger partial charge in [-0.2, -0.15) is 13.2 Å². The number of hydrogen-bond donors (Lipinski definition) is 1. The molecular weight excluding hydrogens is 328 g/mol. The van der Waals surface area contributed by atoms with Crippen LogP contribution in [0.2, 0.25) is 0 Å². The Kier molecular flexibility index (Phi) is 4.52. The highest BCUT2D eigenvalue weighted by atomic mass is 19.4. The number of rotatable bonds is 2. The molecule has 8 heteroatoms. The van der Waals surface area contributed by atoms with Crippen molar-refractivity contribution >= 4 is 5.91 Å². The Morgan fingerprint density at radius 2 is 2.00 bits per heavy atom. The molecule has 1 N–H and O–H groups in total. The third kappa shape index (κ3) is 3.39. The lowest BCUT2D eigenvalue weighted by atomic mass is 10.1. The van der Waals surface area contributed by atoms with E-state index in [9.17, 15) is 27.5 Å². The van der Waals surface area contributed by atoms with Crippen molar-refractivity contribution < 1.29 is 27.5 Å². The molecule has 0 radical (unpaired) electrons. The molecule has 0 aliphatic carbocycles. The van der Waals surface area contributed by atoms with Gasteiger partial charge in [0.25, 0.3) is 0 Å². The fraction of sp³-hybridized carbons (Fsp3) is 0.562. The van der Waals surface area contributed by atoms with Gasteiger partial charge in [0.2, 0.25) is 5.91 Å². The molecule has 24 heavy (non-hydrogen) atoms. The molecule has 0 spiro atoms. The Balaban J connectivity index is 1.76. The van der Waals surface area contributed by atoms with Crippen LogP contribution >= 0.6 is 0 Å². The van der Waals surface area contributed by atoms with Crippen LogP contribution in [-0.4, -0.2) is 52.6 Å². The summed E-state index contributed by atoms with van der Waals surface area (Å²) in [6.45, 7) is 1.67. The van der Waals surface area contributed by atoms with Crippen molar-refractivity contribution in [3.63, 3.8) is 0 Å². The van der Waals surface area contributed by atoms with E-state index >= 15 is 0 Å². The van der Waals surface area contributed by atoms with E-state index in [1.165, 1.54) is 11.0 Å². The van der Waals surface area contributed by atoms with Gasteiger partial charge in [-0.1, -0.05) is 6.07 Å². The largest absolute Gasteiger partial charge is 0.419 e. The smallest absolute Gasteiger partial charge is 0.392 e. The van der Waals surface area contributed by atoms with Crippen LogP contribution in [0.25, 0.3) is 0 Å². The predicted molar refractivity (Wildman–Crippen MR) is 77.4 cm³/mol. The number of aliphatic hydroxyl groups is 1. The highest BCUT2D eigenvalue weighted by Gasteiger charge is 2.40. The molecule has 0 saturated carbocycles. The summed E-state index contributed by atoms with van der Waals surface area (Å²) in [4.78, 5) is 16.1. The summed E-state index contributed by atoms with van der Waals surface area (Å²) in [6, 6.07) is 2.34. The number of hydrogen-bond acceptors (Lipinski definition) is 3. The van der Waals surface area contributed by atoms with Gasteiger partial charge in [0, 0.05) is 26.2 Å². The van der Waals surface area contributed by atoms with Gasteiger partial charge in [-0.3, -0.25) is 9.69 Å². The lowest BCUT2D eigenvalue weighted by Crippen LogP contribution is -2.42. The molecule has 0 bridgehead atoms. The Bertz CT molecular complexity index is 635. The summed E-state index contributed by atoms with van der Waals surface area (Å²) in [7, 11) is 0. The number of nitrogens with zero attached hydrogens (tertiary/aromatic N) is 2. The first kappa shape index (κ1) is 17.2. The monoisotopic (exact) mass is 346 g/mol. The molecule has 3 rings (SSSR count). The molecule has 2 atom stereocenters. The van der Waals surface area contributed by atoms with Crippen LogP contribution in [0.15, 0.2) is 18.2 Å². The number of aliphatic hydroxyl groups excluding tert-OH is 1. The molecule has 0 unspecified atom stereocenters. The number of fused-ring (bicyclic) bond motifs is 1. The predicted octanol–water partition coefficient (Wildman–Crippen LogP) is 2.01. The minimum absolute atomic E-state index is 0.0638. The summed E-state index contributed by atoms with van der Waals surface area (Å²) in [6.07, 6.45) is -4.21. The van der Waals surface area contributed by atoms with Crippen LogP contribution in [0, 0.1) is 5.82 Å². The van der Waals surface area contributed by atoms with Crippen LogP contribution < -0.4 is 0 Å². The lowest BCUT2D eigenvalue weighted by Gasteiger charge is -2.25.